The molecule has 2 aliphatic heterocycles. The lowest BCUT2D eigenvalue weighted by atomic mass is 9.90. The first-order valence-electron chi connectivity index (χ1n) is 11.5. The summed E-state index contributed by atoms with van der Waals surface area (Å²) < 4.78 is 0.120. The van der Waals surface area contributed by atoms with Crippen molar-refractivity contribution in [2.45, 2.75) is 24.7 Å². The number of aromatic hydroxyl groups is 1. The van der Waals surface area contributed by atoms with Gasteiger partial charge >= 0.3 is 5.97 Å². The molecule has 0 bridgehead atoms. The molecule has 37 heavy (non-hydrogen) atoms. The molecular weight excluding hydrogens is 603 g/mol. The summed E-state index contributed by atoms with van der Waals surface area (Å²) in [6.07, 6.45) is 0.265. The smallest absolute Gasteiger partial charge is 0.342 e. The molecule has 2 aliphatic rings. The number of anilines is 2. The van der Waals surface area contributed by atoms with Crippen LogP contribution in [0.25, 0.3) is 5.57 Å². The van der Waals surface area contributed by atoms with E-state index in [4.69, 9.17) is 0 Å². The van der Waals surface area contributed by atoms with E-state index in [1.165, 1.54) is 33.0 Å². The van der Waals surface area contributed by atoms with Crippen LogP contribution in [-0.2, 0) is 19.2 Å². The first-order valence-corrected chi connectivity index (χ1v) is 13.9. The van der Waals surface area contributed by atoms with E-state index in [1.807, 2.05) is 12.1 Å². The summed E-state index contributed by atoms with van der Waals surface area (Å²) in [4.78, 5) is 41.5. The molecule has 2 heterocycles. The summed E-state index contributed by atoms with van der Waals surface area (Å²) >= 11 is 3.53. The SMILES string of the molecule is CC(Sc1ccc(O)cc1)=C1c2ccccc2N(C)c2ccccc21.O=C(CI)ON1C(=O)CCC1=O. The number of para-hydroxylation sites is 2. The second kappa shape index (κ2) is 11.8. The normalized spacial score (nSPS) is 14.0. The number of imide groups is 1. The van der Waals surface area contributed by atoms with Gasteiger partial charge in [0.2, 0.25) is 0 Å². The van der Waals surface area contributed by atoms with Crippen molar-refractivity contribution in [2.24, 2.45) is 0 Å². The van der Waals surface area contributed by atoms with Crippen molar-refractivity contribution >= 4 is 69.1 Å². The van der Waals surface area contributed by atoms with Gasteiger partial charge in [0.25, 0.3) is 11.8 Å². The third-order valence-electron chi connectivity index (χ3n) is 5.84. The van der Waals surface area contributed by atoms with Crippen molar-refractivity contribution in [2.75, 3.05) is 16.4 Å². The zero-order valence-electron chi connectivity index (χ0n) is 20.3. The number of hydrogen-bond acceptors (Lipinski definition) is 7. The molecule has 2 amide bonds. The number of allylic oxidation sites excluding steroid dienone is 1. The number of hydrogen-bond donors (Lipinski definition) is 1. The molecule has 1 fully saturated rings. The first-order chi connectivity index (χ1) is 17.8. The number of thioether (sulfide) groups is 1. The van der Waals surface area contributed by atoms with Gasteiger partial charge in [0.1, 0.15) is 10.2 Å². The van der Waals surface area contributed by atoms with Gasteiger partial charge in [-0.2, -0.15) is 0 Å². The zero-order chi connectivity index (χ0) is 26.5. The van der Waals surface area contributed by atoms with Crippen LogP contribution in [0.4, 0.5) is 11.4 Å². The molecule has 0 aromatic heterocycles. The number of fused-ring (bicyclic) bond motifs is 2. The second-order valence-electron chi connectivity index (χ2n) is 8.30. The fourth-order valence-corrected chi connectivity index (χ4v) is 5.22. The van der Waals surface area contributed by atoms with E-state index >= 15 is 0 Å². The average Bonchev–Trinajstić information content (AvgIpc) is 3.22. The molecule has 0 saturated carbocycles. The molecule has 5 rings (SSSR count). The van der Waals surface area contributed by atoms with Crippen molar-refractivity contribution < 1.29 is 24.3 Å². The summed E-state index contributed by atoms with van der Waals surface area (Å²) in [6.45, 7) is 2.17. The maximum Gasteiger partial charge on any atom is 0.342 e. The molecule has 0 unspecified atom stereocenters. The van der Waals surface area contributed by atoms with Gasteiger partial charge in [-0.1, -0.05) is 70.8 Å². The number of benzene rings is 3. The molecule has 1 N–H and O–H groups in total. The summed E-state index contributed by atoms with van der Waals surface area (Å²) in [5, 5.41) is 10.0. The van der Waals surface area contributed by atoms with Gasteiger partial charge in [-0.25, -0.2) is 4.79 Å². The lowest BCUT2D eigenvalue weighted by molar-refractivity contribution is -0.195. The highest BCUT2D eigenvalue weighted by Gasteiger charge is 2.32. The number of rotatable bonds is 4. The Balaban J connectivity index is 0.000000225. The maximum absolute atomic E-state index is 10.9. The Hall–Kier alpha value is -3.31. The standard InChI is InChI=1S/C22H19NOS.C6H6INO4/c1-15(25-17-13-11-16(24)12-14-17)22-18-7-3-5-9-20(18)23(2)21-10-6-4-8-19(21)22;7-3-6(11)12-8-4(9)1-2-5(8)10/h3-14,24H,1-2H3;1-3H2. The third-order valence-corrected chi connectivity index (χ3v) is 7.48. The number of carbonyl (C=O) groups excluding carboxylic acids is 3. The predicted octanol–water partition coefficient (Wildman–Crippen LogP) is 6.07. The Labute approximate surface area is 233 Å². The van der Waals surface area contributed by atoms with Gasteiger partial charge in [-0.3, -0.25) is 9.59 Å². The van der Waals surface area contributed by atoms with Gasteiger partial charge in [0.15, 0.2) is 0 Å². The zero-order valence-corrected chi connectivity index (χ0v) is 23.3. The van der Waals surface area contributed by atoms with Gasteiger partial charge in [-0.15, -0.1) is 5.06 Å². The van der Waals surface area contributed by atoms with E-state index in [0.717, 1.165) is 4.90 Å². The van der Waals surface area contributed by atoms with Crippen LogP contribution in [-0.4, -0.2) is 39.4 Å². The highest BCUT2D eigenvalue weighted by atomic mass is 127. The van der Waals surface area contributed by atoms with Crippen molar-refractivity contribution in [1.29, 1.82) is 0 Å². The number of phenols is 1. The molecule has 3 aromatic rings. The highest BCUT2D eigenvalue weighted by Crippen LogP contribution is 2.47. The number of halogens is 1. The predicted molar refractivity (Wildman–Crippen MR) is 153 cm³/mol. The molecule has 1 saturated heterocycles. The molecular formula is C28H25IN2O5S. The van der Waals surface area contributed by atoms with Gasteiger partial charge in [0.05, 0.1) is 0 Å². The molecule has 0 radical (unpaired) electrons. The Morgan fingerprint density at radius 2 is 1.43 bits per heavy atom. The Kier molecular flexibility index (Phi) is 8.55. The fourth-order valence-electron chi connectivity index (χ4n) is 4.14. The van der Waals surface area contributed by atoms with Crippen LogP contribution in [0.15, 0.2) is 82.6 Å². The second-order valence-corrected chi connectivity index (χ2v) is 10.3. The summed E-state index contributed by atoms with van der Waals surface area (Å²) in [5.74, 6) is -1.18. The van der Waals surface area contributed by atoms with E-state index in [9.17, 15) is 19.5 Å². The van der Waals surface area contributed by atoms with Gasteiger partial charge < -0.3 is 14.8 Å². The molecule has 0 aliphatic carbocycles. The minimum atomic E-state index is -0.584. The third kappa shape index (κ3) is 5.99. The van der Waals surface area contributed by atoms with Gasteiger partial charge in [-0.05, 0) is 48.2 Å². The Morgan fingerprint density at radius 1 is 0.919 bits per heavy atom. The van der Waals surface area contributed by atoms with Crippen molar-refractivity contribution in [3.63, 3.8) is 0 Å². The van der Waals surface area contributed by atoms with Crippen LogP contribution in [0.1, 0.15) is 30.9 Å². The van der Waals surface area contributed by atoms with Crippen LogP contribution in [0.3, 0.4) is 0 Å². The van der Waals surface area contributed by atoms with Crippen LogP contribution in [0, 0.1) is 0 Å². The van der Waals surface area contributed by atoms with E-state index < -0.39 is 17.8 Å². The number of phenolic OH excluding ortho intramolecular Hbond substituents is 1. The molecule has 0 atom stereocenters. The van der Waals surface area contributed by atoms with Crippen molar-refractivity contribution in [3.8, 4) is 5.75 Å². The number of nitrogens with zero attached hydrogens (tertiary/aromatic N) is 2. The highest BCUT2D eigenvalue weighted by molar-refractivity contribution is 14.1. The maximum atomic E-state index is 10.9. The van der Waals surface area contributed by atoms with Crippen LogP contribution < -0.4 is 4.90 Å². The Bertz CT molecular complexity index is 1310. The summed E-state index contributed by atoms with van der Waals surface area (Å²) in [6, 6.07) is 24.5. The fraction of sp³-hybridized carbons (Fsp3) is 0.179. The monoisotopic (exact) mass is 628 g/mol. The molecule has 190 valence electrons. The largest absolute Gasteiger partial charge is 0.508 e. The summed E-state index contributed by atoms with van der Waals surface area (Å²) in [7, 11) is 2.12. The molecule has 9 heteroatoms. The van der Waals surface area contributed by atoms with Gasteiger partial charge in [0, 0.05) is 52.9 Å². The minimum absolute atomic E-state index is 0.120. The summed E-state index contributed by atoms with van der Waals surface area (Å²) in [5.41, 5.74) is 6.24. The first kappa shape index (κ1) is 26.7. The number of alkyl halides is 1. The minimum Gasteiger partial charge on any atom is -0.508 e. The number of amides is 2. The van der Waals surface area contributed by atoms with Crippen LogP contribution in [0.2, 0.25) is 0 Å². The van der Waals surface area contributed by atoms with Crippen LogP contribution in [0.5, 0.6) is 5.75 Å². The van der Waals surface area contributed by atoms with Crippen LogP contribution >= 0.6 is 34.4 Å². The average molecular weight is 628 g/mol. The lowest BCUT2D eigenvalue weighted by Crippen LogP contribution is -2.32. The van der Waals surface area contributed by atoms with Crippen molar-refractivity contribution in [1.82, 2.24) is 5.06 Å². The van der Waals surface area contributed by atoms with E-state index in [2.05, 4.69) is 72.2 Å². The molecule has 0 spiro atoms. The van der Waals surface area contributed by atoms with Crippen molar-refractivity contribution in [3.05, 3.63) is 88.8 Å². The number of carbonyl (C=O) groups is 3. The molecule has 7 nitrogen and oxygen atoms in total. The van der Waals surface area contributed by atoms with E-state index in [0.29, 0.717) is 10.8 Å². The lowest BCUT2D eigenvalue weighted by Gasteiger charge is -2.32. The quantitative estimate of drug-likeness (QED) is 0.162. The van der Waals surface area contributed by atoms with E-state index in [-0.39, 0.29) is 17.3 Å². The Morgan fingerprint density at radius 3 is 1.95 bits per heavy atom. The molecule has 3 aromatic carbocycles. The topological polar surface area (TPSA) is 87.2 Å². The number of hydroxylamine groups is 2. The van der Waals surface area contributed by atoms with E-state index in [1.54, 1.807) is 46.5 Å².